The Morgan fingerprint density at radius 2 is 1.23 bits per heavy atom. The van der Waals surface area contributed by atoms with E-state index in [0.29, 0.717) is 0 Å². The predicted molar refractivity (Wildman–Crippen MR) is 174 cm³/mol. The zero-order valence-electron chi connectivity index (χ0n) is 22.2. The lowest BCUT2D eigenvalue weighted by Crippen LogP contribution is -2.09. The second kappa shape index (κ2) is 9.99. The second-order valence-corrected chi connectivity index (χ2v) is 10.9. The summed E-state index contributed by atoms with van der Waals surface area (Å²) in [4.78, 5) is 7.26. The van der Waals surface area contributed by atoms with Gasteiger partial charge in [-0.25, -0.2) is 4.99 Å². The molecular formula is C36H27N3S. The molecule has 7 rings (SSSR count). The predicted octanol–water partition coefficient (Wildman–Crippen LogP) is 10.7. The molecule has 0 bridgehead atoms. The van der Waals surface area contributed by atoms with Crippen LogP contribution in [0, 0.1) is 6.92 Å². The number of aliphatic imine (C=N–C) groups is 1. The number of allylic oxidation sites excluding steroid dienone is 1. The van der Waals surface area contributed by atoms with Crippen molar-refractivity contribution in [1.82, 2.24) is 4.57 Å². The van der Waals surface area contributed by atoms with Crippen molar-refractivity contribution in [2.45, 2.75) is 6.92 Å². The molecule has 5 aromatic carbocycles. The standard InChI is InChI=1S/C36H27N3S/c1-25(38-33-19-11-9-17-30(33)31-18-10-12-20-34(31)38)24-37-36-26(2)32-23-29(21-22-35(32)40-36)39(27-13-5-3-6-14-27)28-15-7-4-8-16-28/h3-24H,1H2,2H3. The highest BCUT2D eigenvalue weighted by molar-refractivity contribution is 7.22. The monoisotopic (exact) mass is 533 g/mol. The number of anilines is 3. The van der Waals surface area contributed by atoms with E-state index in [1.165, 1.54) is 26.4 Å². The summed E-state index contributed by atoms with van der Waals surface area (Å²) in [6.07, 6.45) is 1.90. The summed E-state index contributed by atoms with van der Waals surface area (Å²) in [5.74, 6) is 0. The molecule has 0 aliphatic carbocycles. The summed E-state index contributed by atoms with van der Waals surface area (Å²) in [6.45, 7) is 6.57. The first-order valence-electron chi connectivity index (χ1n) is 13.3. The molecule has 0 fully saturated rings. The normalized spacial score (nSPS) is 11.6. The molecule has 2 heterocycles. The van der Waals surface area contributed by atoms with Gasteiger partial charge in [0.1, 0.15) is 5.00 Å². The van der Waals surface area contributed by atoms with Crippen LogP contribution in [0.3, 0.4) is 0 Å². The van der Waals surface area contributed by atoms with Gasteiger partial charge in [0.2, 0.25) is 0 Å². The lowest BCUT2D eigenvalue weighted by molar-refractivity contribution is 1.26. The minimum atomic E-state index is 0.842. The van der Waals surface area contributed by atoms with Gasteiger partial charge in [-0.1, -0.05) is 79.4 Å². The number of fused-ring (bicyclic) bond motifs is 4. The van der Waals surface area contributed by atoms with Gasteiger partial charge in [0.15, 0.2) is 0 Å². The van der Waals surface area contributed by atoms with E-state index in [4.69, 9.17) is 4.99 Å². The van der Waals surface area contributed by atoms with Gasteiger partial charge in [0.25, 0.3) is 0 Å². The molecule has 0 aliphatic heterocycles. The molecule has 0 spiro atoms. The highest BCUT2D eigenvalue weighted by atomic mass is 32.1. The average molecular weight is 534 g/mol. The van der Waals surface area contributed by atoms with Crippen LogP contribution in [-0.2, 0) is 0 Å². The molecule has 4 heteroatoms. The van der Waals surface area contributed by atoms with Crippen molar-refractivity contribution in [3.05, 3.63) is 140 Å². The number of thiophene rings is 1. The van der Waals surface area contributed by atoms with Gasteiger partial charge in [-0.15, -0.1) is 11.3 Å². The van der Waals surface area contributed by atoms with Gasteiger partial charge >= 0.3 is 0 Å². The van der Waals surface area contributed by atoms with Gasteiger partial charge < -0.3 is 9.47 Å². The fourth-order valence-corrected chi connectivity index (χ4v) is 6.52. The van der Waals surface area contributed by atoms with E-state index < -0.39 is 0 Å². The zero-order chi connectivity index (χ0) is 27.1. The Bertz CT molecular complexity index is 1940. The Balaban J connectivity index is 1.28. The number of hydrogen-bond acceptors (Lipinski definition) is 3. The molecule has 40 heavy (non-hydrogen) atoms. The molecule has 0 amide bonds. The Labute approximate surface area is 237 Å². The molecular weight excluding hydrogens is 506 g/mol. The molecule has 0 saturated heterocycles. The van der Waals surface area contributed by atoms with Crippen molar-refractivity contribution in [2.75, 3.05) is 4.90 Å². The molecule has 0 saturated carbocycles. The van der Waals surface area contributed by atoms with E-state index in [0.717, 1.165) is 38.8 Å². The van der Waals surface area contributed by atoms with Gasteiger partial charge in [0.05, 0.1) is 22.9 Å². The minimum Gasteiger partial charge on any atom is -0.310 e. The SMILES string of the molecule is C=C(C=Nc1sc2ccc(N(c3ccccc3)c3ccccc3)cc2c1C)n1c2ccccc2c2ccccc21. The molecule has 0 aliphatic rings. The number of aryl methyl sites for hydroxylation is 1. The summed E-state index contributed by atoms with van der Waals surface area (Å²) in [7, 11) is 0. The lowest BCUT2D eigenvalue weighted by Gasteiger charge is -2.25. The van der Waals surface area contributed by atoms with E-state index in [9.17, 15) is 0 Å². The van der Waals surface area contributed by atoms with E-state index in [2.05, 4.69) is 150 Å². The first kappa shape index (κ1) is 24.1. The van der Waals surface area contributed by atoms with Crippen molar-refractivity contribution in [3.63, 3.8) is 0 Å². The lowest BCUT2D eigenvalue weighted by atomic mass is 10.1. The quantitative estimate of drug-likeness (QED) is 0.195. The van der Waals surface area contributed by atoms with Crippen LogP contribution in [0.5, 0.6) is 0 Å². The number of para-hydroxylation sites is 4. The van der Waals surface area contributed by atoms with Crippen LogP contribution < -0.4 is 4.90 Å². The molecule has 0 radical (unpaired) electrons. The van der Waals surface area contributed by atoms with E-state index in [1.807, 2.05) is 6.21 Å². The van der Waals surface area contributed by atoms with E-state index in [-0.39, 0.29) is 0 Å². The average Bonchev–Trinajstić information content (AvgIpc) is 3.51. The third-order valence-electron chi connectivity index (χ3n) is 7.38. The van der Waals surface area contributed by atoms with Gasteiger partial charge in [-0.05, 0) is 72.5 Å². The number of nitrogens with zero attached hydrogens (tertiary/aromatic N) is 3. The Hall–Kier alpha value is -4.93. The fourth-order valence-electron chi connectivity index (χ4n) is 5.48. The van der Waals surface area contributed by atoms with Crippen LogP contribution >= 0.6 is 11.3 Å². The summed E-state index contributed by atoms with van der Waals surface area (Å²) in [5, 5.41) is 4.66. The molecule has 2 aromatic heterocycles. The molecule has 0 N–H and O–H groups in total. The summed E-state index contributed by atoms with van der Waals surface area (Å²) in [6, 6.07) is 44.6. The molecule has 192 valence electrons. The van der Waals surface area contributed by atoms with Crippen LogP contribution in [0.25, 0.3) is 37.6 Å². The molecule has 0 unspecified atom stereocenters. The third kappa shape index (κ3) is 4.10. The van der Waals surface area contributed by atoms with Gasteiger partial charge in [-0.2, -0.15) is 0 Å². The third-order valence-corrected chi connectivity index (χ3v) is 8.56. The van der Waals surface area contributed by atoms with Crippen molar-refractivity contribution in [3.8, 4) is 0 Å². The smallest absolute Gasteiger partial charge is 0.120 e. The van der Waals surface area contributed by atoms with Crippen molar-refractivity contribution < 1.29 is 0 Å². The van der Waals surface area contributed by atoms with Crippen LogP contribution in [0.1, 0.15) is 5.56 Å². The Morgan fingerprint density at radius 3 is 1.82 bits per heavy atom. The number of hydrogen-bond donors (Lipinski definition) is 0. The Morgan fingerprint density at radius 1 is 0.675 bits per heavy atom. The number of aromatic nitrogens is 1. The minimum absolute atomic E-state index is 0.842. The highest BCUT2D eigenvalue weighted by Gasteiger charge is 2.16. The Kier molecular flexibility index (Phi) is 6.03. The number of benzene rings is 5. The summed E-state index contributed by atoms with van der Waals surface area (Å²) >= 11 is 1.72. The molecule has 0 atom stereocenters. The maximum Gasteiger partial charge on any atom is 0.120 e. The largest absolute Gasteiger partial charge is 0.310 e. The zero-order valence-corrected chi connectivity index (χ0v) is 23.0. The maximum atomic E-state index is 4.96. The summed E-state index contributed by atoms with van der Waals surface area (Å²) in [5.41, 5.74) is 7.67. The second-order valence-electron chi connectivity index (χ2n) is 9.84. The molecule has 3 nitrogen and oxygen atoms in total. The van der Waals surface area contributed by atoms with E-state index >= 15 is 0 Å². The first-order chi connectivity index (χ1) is 19.7. The highest BCUT2D eigenvalue weighted by Crippen LogP contribution is 2.42. The number of rotatable bonds is 6. The van der Waals surface area contributed by atoms with Crippen LogP contribution in [0.4, 0.5) is 22.1 Å². The van der Waals surface area contributed by atoms with Crippen LogP contribution in [0.15, 0.2) is 139 Å². The fraction of sp³-hybridized carbons (Fsp3) is 0.0278. The van der Waals surface area contributed by atoms with Gasteiger partial charge in [0, 0.05) is 32.5 Å². The topological polar surface area (TPSA) is 20.5 Å². The van der Waals surface area contributed by atoms with Crippen molar-refractivity contribution >= 4 is 77.2 Å². The van der Waals surface area contributed by atoms with Crippen molar-refractivity contribution in [2.24, 2.45) is 4.99 Å². The first-order valence-corrected chi connectivity index (χ1v) is 14.2. The van der Waals surface area contributed by atoms with E-state index in [1.54, 1.807) is 11.3 Å². The summed E-state index contributed by atoms with van der Waals surface area (Å²) < 4.78 is 3.42. The van der Waals surface area contributed by atoms with Crippen molar-refractivity contribution in [1.29, 1.82) is 0 Å². The van der Waals surface area contributed by atoms with Crippen LogP contribution in [-0.4, -0.2) is 10.8 Å². The van der Waals surface area contributed by atoms with Crippen LogP contribution in [0.2, 0.25) is 0 Å². The maximum absolute atomic E-state index is 4.96. The molecule has 7 aromatic rings. The van der Waals surface area contributed by atoms with Gasteiger partial charge in [-0.3, -0.25) is 0 Å².